The van der Waals surface area contributed by atoms with Gasteiger partial charge in [-0.15, -0.1) is 0 Å². The van der Waals surface area contributed by atoms with E-state index < -0.39 is 0 Å². The van der Waals surface area contributed by atoms with Crippen LogP contribution in [0.15, 0.2) is 36.4 Å². The second-order valence-electron chi connectivity index (χ2n) is 4.07. The summed E-state index contributed by atoms with van der Waals surface area (Å²) >= 11 is 6.00. The quantitative estimate of drug-likeness (QED) is 0.930. The van der Waals surface area contributed by atoms with Crippen LogP contribution in [-0.4, -0.2) is 14.2 Å². The molecule has 0 aliphatic heterocycles. The monoisotopic (exact) mass is 277 g/mol. The van der Waals surface area contributed by atoms with Crippen LogP contribution in [0.1, 0.15) is 5.56 Å². The Morgan fingerprint density at radius 3 is 2.42 bits per heavy atom. The largest absolute Gasteiger partial charge is 0.497 e. The Bertz CT molecular complexity index is 584. The van der Waals surface area contributed by atoms with Gasteiger partial charge >= 0.3 is 0 Å². The summed E-state index contributed by atoms with van der Waals surface area (Å²) in [6.45, 7) is 0.413. The smallest absolute Gasteiger partial charge is 0.126 e. The lowest BCUT2D eigenvalue weighted by Crippen LogP contribution is -2.00. The summed E-state index contributed by atoms with van der Waals surface area (Å²) in [6.07, 6.45) is 0. The Morgan fingerprint density at radius 2 is 1.79 bits per heavy atom. The molecule has 0 radical (unpaired) electrons. The summed E-state index contributed by atoms with van der Waals surface area (Å²) in [5, 5.41) is 0.672. The van der Waals surface area contributed by atoms with Gasteiger partial charge in [-0.2, -0.15) is 0 Å². The first-order valence-electron chi connectivity index (χ1n) is 5.90. The van der Waals surface area contributed by atoms with E-state index >= 15 is 0 Å². The fourth-order valence-corrected chi connectivity index (χ4v) is 2.21. The Labute approximate surface area is 117 Å². The van der Waals surface area contributed by atoms with E-state index in [1.807, 2.05) is 36.4 Å². The fraction of sp³-hybridized carbons (Fsp3) is 0.200. The zero-order chi connectivity index (χ0) is 13.8. The van der Waals surface area contributed by atoms with Gasteiger partial charge in [-0.25, -0.2) is 0 Å². The summed E-state index contributed by atoms with van der Waals surface area (Å²) in [7, 11) is 3.28. The molecule has 2 aromatic rings. The first-order chi connectivity index (χ1) is 9.19. The van der Waals surface area contributed by atoms with Crippen molar-refractivity contribution in [3.63, 3.8) is 0 Å². The van der Waals surface area contributed by atoms with Crippen molar-refractivity contribution in [2.24, 2.45) is 5.73 Å². The Kier molecular flexibility index (Phi) is 4.30. The molecule has 0 unspecified atom stereocenters. The average molecular weight is 278 g/mol. The third-order valence-electron chi connectivity index (χ3n) is 2.98. The maximum atomic E-state index is 6.00. The highest BCUT2D eigenvalue weighted by Crippen LogP contribution is 2.36. The van der Waals surface area contributed by atoms with Crippen molar-refractivity contribution in [3.8, 4) is 22.6 Å². The van der Waals surface area contributed by atoms with E-state index in [0.717, 1.165) is 28.2 Å². The lowest BCUT2D eigenvalue weighted by molar-refractivity contribution is 0.404. The Balaban J connectivity index is 2.62. The van der Waals surface area contributed by atoms with Crippen molar-refractivity contribution >= 4 is 11.6 Å². The van der Waals surface area contributed by atoms with Crippen LogP contribution in [0.4, 0.5) is 0 Å². The van der Waals surface area contributed by atoms with Crippen molar-refractivity contribution in [1.29, 1.82) is 0 Å². The van der Waals surface area contributed by atoms with Crippen LogP contribution in [0.2, 0.25) is 5.02 Å². The fourth-order valence-electron chi connectivity index (χ4n) is 2.02. The predicted molar refractivity (Wildman–Crippen MR) is 77.9 cm³/mol. The summed E-state index contributed by atoms with van der Waals surface area (Å²) in [5.74, 6) is 1.55. The number of benzene rings is 2. The van der Waals surface area contributed by atoms with Crippen LogP contribution in [0.25, 0.3) is 11.1 Å². The summed E-state index contributed by atoms with van der Waals surface area (Å²) in [6, 6.07) is 11.3. The molecule has 100 valence electrons. The molecule has 0 aliphatic carbocycles. The van der Waals surface area contributed by atoms with Gasteiger partial charge in [-0.3, -0.25) is 0 Å². The highest BCUT2D eigenvalue weighted by atomic mass is 35.5. The first kappa shape index (κ1) is 13.7. The molecule has 0 spiro atoms. The lowest BCUT2D eigenvalue weighted by atomic mass is 9.98. The zero-order valence-electron chi connectivity index (χ0n) is 10.9. The molecule has 0 heterocycles. The van der Waals surface area contributed by atoms with Crippen LogP contribution in [0.5, 0.6) is 11.5 Å². The number of hydrogen-bond donors (Lipinski definition) is 1. The van der Waals surface area contributed by atoms with Gasteiger partial charge in [0.1, 0.15) is 11.5 Å². The van der Waals surface area contributed by atoms with Gasteiger partial charge in [0.25, 0.3) is 0 Å². The number of methoxy groups -OCH3 is 2. The van der Waals surface area contributed by atoms with Gasteiger partial charge < -0.3 is 15.2 Å². The number of rotatable bonds is 4. The second kappa shape index (κ2) is 5.95. The second-order valence-corrected chi connectivity index (χ2v) is 4.51. The van der Waals surface area contributed by atoms with Crippen LogP contribution in [0, 0.1) is 0 Å². The Morgan fingerprint density at radius 1 is 1.00 bits per heavy atom. The first-order valence-corrected chi connectivity index (χ1v) is 6.28. The molecule has 3 nitrogen and oxygen atoms in total. The van der Waals surface area contributed by atoms with Crippen LogP contribution in [0.3, 0.4) is 0 Å². The summed E-state index contributed by atoms with van der Waals surface area (Å²) in [4.78, 5) is 0. The molecule has 4 heteroatoms. The molecule has 0 bridgehead atoms. The maximum Gasteiger partial charge on any atom is 0.126 e. The van der Waals surface area contributed by atoms with E-state index in [9.17, 15) is 0 Å². The molecule has 2 N–H and O–H groups in total. The highest BCUT2D eigenvalue weighted by molar-refractivity contribution is 6.30. The van der Waals surface area contributed by atoms with E-state index in [1.165, 1.54) is 0 Å². The molecule has 0 amide bonds. The van der Waals surface area contributed by atoms with E-state index in [0.29, 0.717) is 11.6 Å². The van der Waals surface area contributed by atoms with Gasteiger partial charge in [0, 0.05) is 17.1 Å². The van der Waals surface area contributed by atoms with Crippen LogP contribution >= 0.6 is 11.6 Å². The number of ether oxygens (including phenoxy) is 2. The molecule has 2 rings (SSSR count). The lowest BCUT2D eigenvalue weighted by Gasteiger charge is -2.14. The zero-order valence-corrected chi connectivity index (χ0v) is 11.7. The van der Waals surface area contributed by atoms with Gasteiger partial charge in [-0.1, -0.05) is 17.7 Å². The molecule has 0 aromatic heterocycles. The molecule has 2 aromatic carbocycles. The molecule has 0 fully saturated rings. The van der Waals surface area contributed by atoms with E-state index in [-0.39, 0.29) is 0 Å². The predicted octanol–water partition coefficient (Wildman–Crippen LogP) is 3.48. The topological polar surface area (TPSA) is 44.5 Å². The number of halogens is 1. The van der Waals surface area contributed by atoms with E-state index in [1.54, 1.807) is 14.2 Å². The minimum Gasteiger partial charge on any atom is -0.497 e. The SMILES string of the molecule is COc1ccc(OC)c(-c2ccc(Cl)cc2CN)c1. The molecule has 0 aliphatic rings. The maximum absolute atomic E-state index is 6.00. The van der Waals surface area contributed by atoms with Crippen molar-refractivity contribution in [1.82, 2.24) is 0 Å². The third kappa shape index (κ3) is 2.83. The standard InChI is InChI=1S/C15H16ClNO2/c1-18-12-4-6-15(19-2)14(8-12)13-5-3-11(16)7-10(13)9-17/h3-8H,9,17H2,1-2H3. The average Bonchev–Trinajstić information content (AvgIpc) is 2.46. The van der Waals surface area contributed by atoms with Crippen LogP contribution < -0.4 is 15.2 Å². The molecule has 0 atom stereocenters. The molecular weight excluding hydrogens is 262 g/mol. The minimum absolute atomic E-state index is 0.413. The molecule has 19 heavy (non-hydrogen) atoms. The van der Waals surface area contributed by atoms with E-state index in [2.05, 4.69) is 0 Å². The summed E-state index contributed by atoms with van der Waals surface area (Å²) < 4.78 is 10.7. The normalized spacial score (nSPS) is 10.3. The molecule has 0 saturated carbocycles. The third-order valence-corrected chi connectivity index (χ3v) is 3.22. The van der Waals surface area contributed by atoms with Crippen molar-refractivity contribution in [3.05, 3.63) is 47.0 Å². The van der Waals surface area contributed by atoms with Gasteiger partial charge in [0.15, 0.2) is 0 Å². The van der Waals surface area contributed by atoms with Gasteiger partial charge in [-0.05, 0) is 41.5 Å². The molecule has 0 saturated heterocycles. The van der Waals surface area contributed by atoms with Gasteiger partial charge in [0.2, 0.25) is 0 Å². The Hall–Kier alpha value is -1.71. The molecular formula is C15H16ClNO2. The number of nitrogens with two attached hydrogens (primary N) is 1. The minimum atomic E-state index is 0.413. The van der Waals surface area contributed by atoms with Gasteiger partial charge in [0.05, 0.1) is 14.2 Å². The van der Waals surface area contributed by atoms with Crippen molar-refractivity contribution in [2.75, 3.05) is 14.2 Å². The highest BCUT2D eigenvalue weighted by Gasteiger charge is 2.11. The van der Waals surface area contributed by atoms with E-state index in [4.69, 9.17) is 26.8 Å². The van der Waals surface area contributed by atoms with Crippen LogP contribution in [-0.2, 0) is 6.54 Å². The number of hydrogen-bond acceptors (Lipinski definition) is 3. The van der Waals surface area contributed by atoms with Crippen molar-refractivity contribution < 1.29 is 9.47 Å². The van der Waals surface area contributed by atoms with Crippen molar-refractivity contribution in [2.45, 2.75) is 6.54 Å². The summed E-state index contributed by atoms with van der Waals surface area (Å²) in [5.41, 5.74) is 8.71.